The fraction of sp³-hybridized carbons (Fsp3) is 0.482. The van der Waals surface area contributed by atoms with E-state index in [0.29, 0.717) is 11.8 Å². The molecule has 39 heteroatoms. The van der Waals surface area contributed by atoms with E-state index in [9.17, 15) is 64.0 Å². The Bertz CT molecular complexity index is 5230. The minimum atomic E-state index is -4.93. The van der Waals surface area contributed by atoms with Crippen molar-refractivity contribution < 1.29 is 131 Å². The van der Waals surface area contributed by atoms with Gasteiger partial charge < -0.3 is 132 Å². The molecule has 6 aromatic carbocycles. The molecule has 0 radical (unpaired) electrons. The normalized spacial score (nSPS) is 31.3. The monoisotopic (exact) mass is 1760 g/mol. The number of halogens is 1. The van der Waals surface area contributed by atoms with Crippen molar-refractivity contribution in [1.82, 2.24) is 47.3 Å². The highest BCUT2D eigenvalue weighted by atomic mass is 35.5. The average molecular weight is 1760 g/mol. The number of carbonyl (C=O) groups excluding carboxylic acids is 8. The number of aromatic hydroxyl groups is 1. The van der Waals surface area contributed by atoms with Crippen LogP contribution >= 0.6 is 11.6 Å². The second kappa shape index (κ2) is 35.3. The molecule has 0 spiro atoms. The van der Waals surface area contributed by atoms with Gasteiger partial charge in [-0.15, -0.1) is 0 Å². The third kappa shape index (κ3) is 17.8. The lowest BCUT2D eigenvalue weighted by molar-refractivity contribution is -0.333. The van der Waals surface area contributed by atoms with Crippen LogP contribution in [0.4, 0.5) is 0 Å². The lowest BCUT2D eigenvalue weighted by Crippen LogP contribution is -2.64. The topological polar surface area (TPSA) is 561 Å². The maximum absolute atomic E-state index is 16.7. The largest absolute Gasteiger partial charge is 0.508 e. The summed E-state index contributed by atoms with van der Waals surface area (Å²) >= 11 is 7.21. The summed E-state index contributed by atoms with van der Waals surface area (Å²) in [5.41, 5.74) is 3.00. The third-order valence-corrected chi connectivity index (χ3v) is 26.4. The predicted octanol–water partition coefficient (Wildman–Crippen LogP) is 1.40. The van der Waals surface area contributed by atoms with Crippen LogP contribution in [0, 0.1) is 29.6 Å². The second-order valence-electron chi connectivity index (χ2n) is 34.0. The Morgan fingerprint density at radius 2 is 1.35 bits per heavy atom. The van der Waals surface area contributed by atoms with E-state index >= 15 is 28.8 Å². The molecule has 0 unspecified atom stereocenters. The molecule has 664 valence electrons. The third-order valence-electron chi connectivity index (χ3n) is 24.8. The number of hydrogen-bond donors (Lipinski definition) is 19. The van der Waals surface area contributed by atoms with Gasteiger partial charge >= 0.3 is 0 Å². The number of likely N-dealkylation sites (N-methyl/N-ethyl adjacent to an activating group) is 1. The highest BCUT2D eigenvalue weighted by Crippen LogP contribution is 2.56. The summed E-state index contributed by atoms with van der Waals surface area (Å²) in [6.07, 6.45) is -14.6. The van der Waals surface area contributed by atoms with Crippen molar-refractivity contribution in [1.29, 1.82) is 0 Å². The van der Waals surface area contributed by atoms with Crippen molar-refractivity contribution in [2.45, 2.75) is 205 Å². The van der Waals surface area contributed by atoms with Crippen LogP contribution in [0.2, 0.25) is 5.02 Å². The first-order chi connectivity index (χ1) is 58.9. The van der Waals surface area contributed by atoms with Gasteiger partial charge in [0, 0.05) is 36.2 Å². The number of fused-ring (bicyclic) bond motifs is 12. The molecule has 2 saturated heterocycles. The summed E-state index contributed by atoms with van der Waals surface area (Å²) in [7, 11) is -2.12. The van der Waals surface area contributed by atoms with E-state index in [0.717, 1.165) is 74.6 Å². The number of carbonyl (C=O) groups is 8. The van der Waals surface area contributed by atoms with E-state index in [-0.39, 0.29) is 105 Å². The Hall–Kier alpha value is -10.2. The summed E-state index contributed by atoms with van der Waals surface area (Å²) in [5, 5.41) is 129. The molecule has 6 fully saturated rings. The Kier molecular flexibility index (Phi) is 25.2. The number of nitrogens with one attached hydrogen (secondary N) is 9. The van der Waals surface area contributed by atoms with Crippen LogP contribution in [0.3, 0.4) is 0 Å². The van der Waals surface area contributed by atoms with E-state index in [4.69, 9.17) is 55.2 Å². The number of hydrogen-bond acceptors (Lipinski definition) is 29. The molecule has 7 aliphatic heterocycles. The first-order valence-corrected chi connectivity index (χ1v) is 42.7. The molecular weight excluding hydrogens is 1660 g/mol. The van der Waals surface area contributed by atoms with Crippen LogP contribution < -0.4 is 71.9 Å². The molecule has 12 aliphatic rings. The Morgan fingerprint density at radius 1 is 0.702 bits per heavy atom. The first kappa shape index (κ1) is 88.6. The number of methoxy groups -OCH3 is 1. The number of rotatable bonds is 19. The molecule has 124 heavy (non-hydrogen) atoms. The van der Waals surface area contributed by atoms with E-state index in [1.54, 1.807) is 13.8 Å². The number of phenols is 1. The van der Waals surface area contributed by atoms with Crippen molar-refractivity contribution >= 4 is 68.9 Å². The molecule has 37 nitrogen and oxygen atoms in total. The number of aliphatic hydroxyl groups is 8. The highest BCUT2D eigenvalue weighted by Gasteiger charge is 2.54. The fourth-order valence-electron chi connectivity index (χ4n) is 18.7. The Morgan fingerprint density at radius 3 is 2.01 bits per heavy atom. The van der Waals surface area contributed by atoms with Crippen LogP contribution in [0.25, 0.3) is 11.1 Å². The molecule has 20 N–H and O–H groups in total. The fourth-order valence-corrected chi connectivity index (χ4v) is 19.9. The van der Waals surface area contributed by atoms with Gasteiger partial charge in [0.05, 0.1) is 41.2 Å². The van der Waals surface area contributed by atoms with Crippen molar-refractivity contribution in [3.63, 3.8) is 0 Å². The maximum Gasteiger partial charge on any atom is 0.264 e. The standard InChI is InChI=1S/C85H99ClN10O27S/c1-35(2)19-54(88-5)76(105)94-68-70(101)41-10-18-56(53(86)26-41)120-58-28-44-27-57(73(58)123-83-74(72(103)71(102)59(33-97)121-83)122-61-32-84(4,87)75(104)36(3)118-61)119-47-11-7-39(8-12-47)69(100)67-82(111)93-66(80(109)90-63-42-21-37-20-38(23-42)24-43(63)22-37)50-29-45(98)30-52-62(50)49-25-40(9-17-51(49)85(52,112)113)64(78(107)95-67)92-79(108)65(44)91-77(106)55(89-81(68)110)31-60(99)96-124(114,115)48-15-13-46(14-16-48)117-34-116-6/h7-18,25-30,35-38,42-43,54-55,59,61,63-72,74-75,83,88,97-98,100-104,112-113H,19-24,31-34,87H2,1-6H3,(H,89,110)(H,90,109)(H,91,106)(H,92,108)(H,93,111)(H,94,105)(H,95,107)(H,96,99)/t36-,37?,38?,42?,43?,54+,55-,59+,61-,63?,64+,65+,66-,67-,68+,69+,70+,71+,72-,74+,75+,83-,84-/m0/s1. The number of phenolic OH excluding ortho intramolecular Hbond substituents is 1. The highest BCUT2D eigenvalue weighted by molar-refractivity contribution is 7.90. The molecule has 0 aromatic heterocycles. The van der Waals surface area contributed by atoms with Gasteiger partial charge in [0.2, 0.25) is 65.1 Å². The number of benzene rings is 6. The van der Waals surface area contributed by atoms with Gasteiger partial charge in [-0.2, -0.15) is 0 Å². The lowest BCUT2D eigenvalue weighted by Gasteiger charge is -2.54. The van der Waals surface area contributed by atoms with E-state index in [2.05, 4.69) is 42.5 Å². The number of aliphatic hydroxyl groups excluding tert-OH is 6. The summed E-state index contributed by atoms with van der Waals surface area (Å²) in [6.45, 7) is 5.42. The summed E-state index contributed by atoms with van der Waals surface area (Å²) in [4.78, 5) is 124. The molecule has 18 atom stereocenters. The molecule has 8 amide bonds. The zero-order chi connectivity index (χ0) is 88.6. The molecule has 4 saturated carbocycles. The summed E-state index contributed by atoms with van der Waals surface area (Å²) in [6, 6.07) is 6.46. The summed E-state index contributed by atoms with van der Waals surface area (Å²) in [5.74, 6) is -15.1. The smallest absolute Gasteiger partial charge is 0.264 e. The molecule has 5 aliphatic carbocycles. The van der Waals surface area contributed by atoms with E-state index in [1.165, 1.54) is 94.7 Å². The van der Waals surface area contributed by atoms with Gasteiger partial charge in [0.25, 0.3) is 10.0 Å². The molecule has 18 rings (SSSR count). The van der Waals surface area contributed by atoms with Crippen LogP contribution in [0.1, 0.15) is 148 Å². The maximum atomic E-state index is 16.7. The number of nitrogens with two attached hydrogens (primary N) is 1. The van der Waals surface area contributed by atoms with Gasteiger partial charge in [-0.3, -0.25) is 38.4 Å². The first-order valence-electron chi connectivity index (χ1n) is 40.8. The van der Waals surface area contributed by atoms with E-state index in [1.807, 2.05) is 4.72 Å². The molecule has 7 heterocycles. The van der Waals surface area contributed by atoms with Crippen LogP contribution in [0.15, 0.2) is 114 Å². The number of amides is 8. The van der Waals surface area contributed by atoms with Crippen LogP contribution in [-0.4, -0.2) is 214 Å². The van der Waals surface area contributed by atoms with E-state index < -0.39 is 224 Å². The van der Waals surface area contributed by atoms with Crippen molar-refractivity contribution in [3.05, 3.63) is 153 Å². The Labute approximate surface area is 715 Å². The molecule has 15 bridgehead atoms. The van der Waals surface area contributed by atoms with Gasteiger partial charge in [0.15, 0.2) is 30.7 Å². The number of ether oxygens (including phenoxy) is 8. The van der Waals surface area contributed by atoms with Crippen LogP contribution in [0.5, 0.6) is 40.2 Å². The zero-order valence-corrected chi connectivity index (χ0v) is 69.6. The SMILES string of the molecule is CN[C@H](CC(C)C)C(=O)N[C@H]1C(=O)N[C@@H](CC(=O)NS(=O)(=O)c2ccc(OCOC)cc2)C(=O)N[C@H]2C(=O)N[C@H]3C(=O)N[C@H](C(=O)N[C@H](C(=O)NC4C5CC6CC(C5)CC4C6)c4cc(O)cc5c4-c4cc3ccc4C5(O)O)[C@H](O)c3ccc(cc3)Oc3cc2cc(c3O[C@@H]2O[C@H](CO)[C@@H](O)[C@H](O)[C@H]2O[C@H]2C[C@](C)(N)[C@H](O)[C@H](C)O2)Oc2ccc(cc2Cl)[C@H]1O. The summed E-state index contributed by atoms with van der Waals surface area (Å²) < 4.78 is 79.7. The average Bonchev–Trinajstić information content (AvgIpc) is 1.55. The van der Waals surface area contributed by atoms with Crippen molar-refractivity contribution in [2.24, 2.45) is 35.3 Å². The van der Waals surface area contributed by atoms with Gasteiger partial charge in [-0.1, -0.05) is 55.8 Å². The van der Waals surface area contributed by atoms with Crippen LogP contribution in [-0.2, 0) is 73.1 Å². The number of sulfonamides is 1. The van der Waals surface area contributed by atoms with Crippen molar-refractivity contribution in [2.75, 3.05) is 27.6 Å². The molecule has 6 aromatic rings. The van der Waals surface area contributed by atoms with Gasteiger partial charge in [-0.25, -0.2) is 13.1 Å². The lowest BCUT2D eigenvalue weighted by atomic mass is 9.54. The minimum absolute atomic E-state index is 0.0689. The molecular formula is C85H99ClN10O27S. The second-order valence-corrected chi connectivity index (χ2v) is 36.1. The van der Waals surface area contributed by atoms with Gasteiger partial charge in [-0.05, 0) is 207 Å². The van der Waals surface area contributed by atoms with Gasteiger partial charge in [0.1, 0.15) is 89.8 Å². The zero-order valence-electron chi connectivity index (χ0n) is 68.0. The van der Waals surface area contributed by atoms with Crippen molar-refractivity contribution in [3.8, 4) is 51.4 Å². The Balaban J connectivity index is 0.921. The predicted molar refractivity (Wildman–Crippen MR) is 433 cm³/mol. The quantitative estimate of drug-likeness (QED) is 0.0510. The minimum Gasteiger partial charge on any atom is -0.508 e.